The van der Waals surface area contributed by atoms with Crippen LogP contribution in [0.15, 0.2) is 52.3 Å². The molecule has 1 aliphatic heterocycles. The predicted octanol–water partition coefficient (Wildman–Crippen LogP) is 3.51. The zero-order chi connectivity index (χ0) is 16.9. The SMILES string of the molecule is O=C(/C=C/c1ccc(Br)s1)N1CCN(C(=O)c2ccccc2)CC1. The molecule has 6 heteroatoms. The second-order valence-electron chi connectivity index (χ2n) is 5.46. The van der Waals surface area contributed by atoms with Gasteiger partial charge in [0.05, 0.1) is 3.79 Å². The largest absolute Gasteiger partial charge is 0.336 e. The first-order valence-electron chi connectivity index (χ1n) is 7.70. The quantitative estimate of drug-likeness (QED) is 0.734. The van der Waals surface area contributed by atoms with Gasteiger partial charge in [-0.15, -0.1) is 11.3 Å². The predicted molar refractivity (Wildman–Crippen MR) is 100.0 cm³/mol. The van der Waals surface area contributed by atoms with E-state index in [9.17, 15) is 9.59 Å². The smallest absolute Gasteiger partial charge is 0.253 e. The van der Waals surface area contributed by atoms with E-state index in [2.05, 4.69) is 15.9 Å². The highest BCUT2D eigenvalue weighted by molar-refractivity contribution is 9.11. The minimum absolute atomic E-state index is 0.00803. The molecule has 1 saturated heterocycles. The topological polar surface area (TPSA) is 40.6 Å². The van der Waals surface area contributed by atoms with Crippen LogP contribution in [0, 0.1) is 0 Å². The number of halogens is 1. The van der Waals surface area contributed by atoms with E-state index in [1.807, 2.05) is 48.5 Å². The summed E-state index contributed by atoms with van der Waals surface area (Å²) < 4.78 is 1.04. The molecule has 2 aromatic rings. The maximum atomic E-state index is 12.4. The summed E-state index contributed by atoms with van der Waals surface area (Å²) in [6, 6.07) is 13.2. The molecule has 0 aliphatic carbocycles. The van der Waals surface area contributed by atoms with Crippen molar-refractivity contribution >= 4 is 45.2 Å². The van der Waals surface area contributed by atoms with Gasteiger partial charge in [0, 0.05) is 42.7 Å². The number of hydrogen-bond donors (Lipinski definition) is 0. The van der Waals surface area contributed by atoms with Gasteiger partial charge in [-0.1, -0.05) is 18.2 Å². The summed E-state index contributed by atoms with van der Waals surface area (Å²) in [7, 11) is 0. The number of thiophene rings is 1. The van der Waals surface area contributed by atoms with Crippen LogP contribution in [0.1, 0.15) is 15.2 Å². The molecule has 0 saturated carbocycles. The Morgan fingerprint density at radius 1 is 0.958 bits per heavy atom. The van der Waals surface area contributed by atoms with E-state index in [0.29, 0.717) is 31.7 Å². The molecule has 1 aromatic heterocycles. The second-order valence-corrected chi connectivity index (χ2v) is 7.95. The Morgan fingerprint density at radius 2 is 1.62 bits per heavy atom. The van der Waals surface area contributed by atoms with E-state index in [1.54, 1.807) is 27.2 Å². The number of nitrogens with zero attached hydrogens (tertiary/aromatic N) is 2. The Balaban J connectivity index is 1.54. The summed E-state index contributed by atoms with van der Waals surface area (Å²) in [4.78, 5) is 29.3. The number of rotatable bonds is 3. The lowest BCUT2D eigenvalue weighted by Crippen LogP contribution is -2.50. The third-order valence-corrected chi connectivity index (χ3v) is 5.47. The van der Waals surface area contributed by atoms with Crippen molar-refractivity contribution in [2.75, 3.05) is 26.2 Å². The van der Waals surface area contributed by atoms with Crippen LogP contribution in [0.2, 0.25) is 0 Å². The molecule has 3 rings (SSSR count). The van der Waals surface area contributed by atoms with Gasteiger partial charge >= 0.3 is 0 Å². The Kier molecular flexibility index (Phi) is 5.48. The van der Waals surface area contributed by atoms with Crippen LogP contribution in [0.3, 0.4) is 0 Å². The molecule has 0 spiro atoms. The Hall–Kier alpha value is -1.92. The Morgan fingerprint density at radius 3 is 2.25 bits per heavy atom. The number of benzene rings is 1. The molecule has 0 bridgehead atoms. The van der Waals surface area contributed by atoms with Crippen LogP contribution in [0.4, 0.5) is 0 Å². The molecule has 2 heterocycles. The van der Waals surface area contributed by atoms with E-state index in [-0.39, 0.29) is 11.8 Å². The Labute approximate surface area is 153 Å². The van der Waals surface area contributed by atoms with Crippen molar-refractivity contribution in [3.63, 3.8) is 0 Å². The number of amides is 2. The van der Waals surface area contributed by atoms with Crippen molar-refractivity contribution in [2.45, 2.75) is 0 Å². The highest BCUT2D eigenvalue weighted by Gasteiger charge is 2.23. The van der Waals surface area contributed by atoms with E-state index in [0.717, 1.165) is 8.66 Å². The van der Waals surface area contributed by atoms with Gasteiger partial charge < -0.3 is 9.80 Å². The summed E-state index contributed by atoms with van der Waals surface area (Å²) >= 11 is 4.99. The molecular formula is C18H17BrN2O2S. The minimum atomic E-state index is -0.00803. The van der Waals surface area contributed by atoms with Crippen molar-refractivity contribution in [2.24, 2.45) is 0 Å². The Bertz CT molecular complexity index is 749. The molecule has 124 valence electrons. The highest BCUT2D eigenvalue weighted by Crippen LogP contribution is 2.23. The fraction of sp³-hybridized carbons (Fsp3) is 0.222. The first-order chi connectivity index (χ1) is 11.6. The second kappa shape index (κ2) is 7.77. The van der Waals surface area contributed by atoms with Gasteiger partial charge in [0.15, 0.2) is 0 Å². The van der Waals surface area contributed by atoms with Crippen molar-refractivity contribution in [1.82, 2.24) is 9.80 Å². The van der Waals surface area contributed by atoms with Crippen molar-refractivity contribution in [1.29, 1.82) is 0 Å². The standard InChI is InChI=1S/C18H17BrN2O2S/c19-16-8-6-15(24-16)7-9-17(22)20-10-12-21(13-11-20)18(23)14-4-2-1-3-5-14/h1-9H,10-13H2/b9-7+. The maximum Gasteiger partial charge on any atom is 0.253 e. The van der Waals surface area contributed by atoms with Gasteiger partial charge in [-0.05, 0) is 46.3 Å². The molecular weight excluding hydrogens is 388 g/mol. The molecule has 4 nitrogen and oxygen atoms in total. The van der Waals surface area contributed by atoms with Gasteiger partial charge in [0.2, 0.25) is 5.91 Å². The van der Waals surface area contributed by atoms with E-state index in [1.165, 1.54) is 0 Å². The van der Waals surface area contributed by atoms with Gasteiger partial charge in [-0.3, -0.25) is 9.59 Å². The molecule has 1 aromatic carbocycles. The summed E-state index contributed by atoms with van der Waals surface area (Å²) in [5.74, 6) is 0.0213. The van der Waals surface area contributed by atoms with Gasteiger partial charge in [0.25, 0.3) is 5.91 Å². The lowest BCUT2D eigenvalue weighted by atomic mass is 10.2. The third-order valence-electron chi connectivity index (χ3n) is 3.88. The summed E-state index contributed by atoms with van der Waals surface area (Å²) in [6.07, 6.45) is 3.44. The lowest BCUT2D eigenvalue weighted by Gasteiger charge is -2.34. The normalized spacial score (nSPS) is 15.0. The summed E-state index contributed by atoms with van der Waals surface area (Å²) in [5.41, 5.74) is 0.695. The molecule has 1 fully saturated rings. The number of carbonyl (C=O) groups excluding carboxylic acids is 2. The average Bonchev–Trinajstić information content (AvgIpc) is 3.05. The fourth-order valence-corrected chi connectivity index (χ4v) is 3.90. The first-order valence-corrected chi connectivity index (χ1v) is 9.31. The molecule has 0 N–H and O–H groups in total. The molecule has 1 aliphatic rings. The van der Waals surface area contributed by atoms with E-state index < -0.39 is 0 Å². The minimum Gasteiger partial charge on any atom is -0.336 e. The number of hydrogen-bond acceptors (Lipinski definition) is 3. The molecule has 24 heavy (non-hydrogen) atoms. The van der Waals surface area contributed by atoms with E-state index in [4.69, 9.17) is 0 Å². The average molecular weight is 405 g/mol. The number of carbonyl (C=O) groups is 2. The molecule has 0 atom stereocenters. The summed E-state index contributed by atoms with van der Waals surface area (Å²) in [6.45, 7) is 2.27. The first kappa shape index (κ1) is 16.9. The molecule has 0 unspecified atom stereocenters. The molecule has 2 amide bonds. The zero-order valence-electron chi connectivity index (χ0n) is 13.0. The lowest BCUT2D eigenvalue weighted by molar-refractivity contribution is -0.127. The maximum absolute atomic E-state index is 12.4. The van der Waals surface area contributed by atoms with Crippen LogP contribution < -0.4 is 0 Å². The zero-order valence-corrected chi connectivity index (χ0v) is 15.4. The van der Waals surface area contributed by atoms with E-state index >= 15 is 0 Å². The van der Waals surface area contributed by atoms with Crippen LogP contribution in [0.5, 0.6) is 0 Å². The monoisotopic (exact) mass is 404 g/mol. The number of piperazine rings is 1. The van der Waals surface area contributed by atoms with Crippen molar-refractivity contribution in [3.05, 3.63) is 62.8 Å². The van der Waals surface area contributed by atoms with Crippen LogP contribution in [-0.4, -0.2) is 47.8 Å². The van der Waals surface area contributed by atoms with Crippen LogP contribution in [0.25, 0.3) is 6.08 Å². The van der Waals surface area contributed by atoms with Crippen molar-refractivity contribution in [3.8, 4) is 0 Å². The fourth-order valence-electron chi connectivity index (χ4n) is 2.57. The van der Waals surface area contributed by atoms with Crippen molar-refractivity contribution < 1.29 is 9.59 Å². The third kappa shape index (κ3) is 4.13. The van der Waals surface area contributed by atoms with Gasteiger partial charge in [-0.25, -0.2) is 0 Å². The summed E-state index contributed by atoms with van der Waals surface area (Å²) in [5, 5.41) is 0. The van der Waals surface area contributed by atoms with Gasteiger partial charge in [-0.2, -0.15) is 0 Å². The van der Waals surface area contributed by atoms with Gasteiger partial charge in [0.1, 0.15) is 0 Å². The van der Waals surface area contributed by atoms with Crippen LogP contribution >= 0.6 is 27.3 Å². The molecule has 0 radical (unpaired) electrons. The van der Waals surface area contributed by atoms with Crippen LogP contribution in [-0.2, 0) is 4.79 Å². The highest BCUT2D eigenvalue weighted by atomic mass is 79.9.